The molecule has 4 heteroatoms. The molecule has 0 amide bonds. The van der Waals surface area contributed by atoms with Crippen molar-refractivity contribution in [3.8, 4) is 0 Å². The number of rotatable bonds is 2. The molecule has 1 heterocycles. The van der Waals surface area contributed by atoms with Crippen LogP contribution in [0.1, 0.15) is 64.2 Å². The molecule has 0 N–H and O–H groups in total. The summed E-state index contributed by atoms with van der Waals surface area (Å²) in [6.45, 7) is 2.01. The van der Waals surface area contributed by atoms with Gasteiger partial charge in [-0.3, -0.25) is 4.79 Å². The van der Waals surface area contributed by atoms with Gasteiger partial charge in [-0.2, -0.15) is 0 Å². The summed E-state index contributed by atoms with van der Waals surface area (Å²) in [5.41, 5.74) is 0.189. The predicted molar refractivity (Wildman–Crippen MR) is 95.5 cm³/mol. The van der Waals surface area contributed by atoms with Crippen LogP contribution in [-0.4, -0.2) is 38.5 Å². The molecule has 2 bridgehead atoms. The van der Waals surface area contributed by atoms with E-state index in [0.29, 0.717) is 24.4 Å². The van der Waals surface area contributed by atoms with Crippen LogP contribution in [0, 0.1) is 34.0 Å². The van der Waals surface area contributed by atoms with Crippen LogP contribution in [0.3, 0.4) is 0 Å². The molecule has 4 nitrogen and oxygen atoms in total. The molecule has 0 radical (unpaired) electrons. The molecule has 7 atom stereocenters. The number of fused-ring (bicyclic) bond motifs is 2. The van der Waals surface area contributed by atoms with Crippen LogP contribution < -0.4 is 0 Å². The quantitative estimate of drug-likeness (QED) is 0.753. The van der Waals surface area contributed by atoms with Crippen molar-refractivity contribution >= 4 is 5.78 Å². The number of hydrogen-bond donors (Lipinski definition) is 0. The minimum atomic E-state index is -0.117. The minimum Gasteiger partial charge on any atom is -0.384 e. The van der Waals surface area contributed by atoms with E-state index in [-0.39, 0.29) is 27.8 Å². The molecule has 26 heavy (non-hydrogen) atoms. The van der Waals surface area contributed by atoms with Crippen LogP contribution in [0.5, 0.6) is 0 Å². The van der Waals surface area contributed by atoms with Gasteiger partial charge in [-0.15, -0.1) is 0 Å². The molecule has 0 aromatic carbocycles. The van der Waals surface area contributed by atoms with Gasteiger partial charge < -0.3 is 14.2 Å². The first-order valence-electron chi connectivity index (χ1n) is 10.9. The molecule has 1 aliphatic heterocycles. The fourth-order valence-corrected chi connectivity index (χ4v) is 9.60. The molecule has 3 spiro atoms. The number of hydrogen-bond acceptors (Lipinski definition) is 4. The highest BCUT2D eigenvalue weighted by Gasteiger charge is 2.88. The predicted octanol–water partition coefficient (Wildman–Crippen LogP) is 3.72. The van der Waals surface area contributed by atoms with E-state index in [1.54, 1.807) is 0 Å². The minimum absolute atomic E-state index is 0.0112. The van der Waals surface area contributed by atoms with Crippen LogP contribution in [0.2, 0.25) is 0 Å². The van der Waals surface area contributed by atoms with Crippen LogP contribution in [0.15, 0.2) is 0 Å². The Bertz CT molecular complexity index is 644. The normalized spacial score (nSPS) is 57.4. The Kier molecular flexibility index (Phi) is 3.25. The Balaban J connectivity index is 1.54. The average molecular weight is 360 g/mol. The molecule has 5 saturated carbocycles. The lowest BCUT2D eigenvalue weighted by Gasteiger charge is -2.71. The zero-order chi connectivity index (χ0) is 17.6. The van der Waals surface area contributed by atoms with Gasteiger partial charge in [0.1, 0.15) is 12.6 Å². The lowest BCUT2D eigenvalue weighted by Crippen LogP contribution is -2.75. The second-order valence-electron chi connectivity index (χ2n) is 10.4. The Labute approximate surface area is 156 Å². The summed E-state index contributed by atoms with van der Waals surface area (Å²) in [4.78, 5) is 13.4. The highest BCUT2D eigenvalue weighted by molar-refractivity contribution is 5.89. The lowest BCUT2D eigenvalue weighted by atomic mass is 9.36. The van der Waals surface area contributed by atoms with Gasteiger partial charge in [0.25, 0.3) is 0 Å². The van der Waals surface area contributed by atoms with Gasteiger partial charge in [0.15, 0.2) is 0 Å². The largest absolute Gasteiger partial charge is 0.384 e. The summed E-state index contributed by atoms with van der Waals surface area (Å²) in [5, 5.41) is 0. The first-order valence-corrected chi connectivity index (χ1v) is 10.9. The summed E-state index contributed by atoms with van der Waals surface area (Å²) in [6, 6.07) is 0. The standard InChI is InChI=1S/C22H32O4/c1-24-13-20-8-4-5-9-21(20)18(16(23)10-20)17-15-6-2-3-7-19(15)11-22(17,21)26-14-25-12-19/h15,17-18H,2-14H2,1H3/t15-,17-,18-,19+,20+,21+,22+/m1/s1. The van der Waals surface area contributed by atoms with E-state index in [1.165, 1.54) is 38.5 Å². The molecule has 144 valence electrons. The van der Waals surface area contributed by atoms with Gasteiger partial charge in [0, 0.05) is 36.2 Å². The first kappa shape index (κ1) is 16.5. The fraction of sp³-hybridized carbons (Fsp3) is 0.955. The monoisotopic (exact) mass is 360 g/mol. The van der Waals surface area contributed by atoms with Gasteiger partial charge in [-0.1, -0.05) is 25.7 Å². The molecule has 5 aliphatic carbocycles. The summed E-state index contributed by atoms with van der Waals surface area (Å²) >= 11 is 0. The van der Waals surface area contributed by atoms with Gasteiger partial charge in [-0.25, -0.2) is 0 Å². The summed E-state index contributed by atoms with van der Waals surface area (Å²) in [5.74, 6) is 1.87. The van der Waals surface area contributed by atoms with E-state index in [9.17, 15) is 4.79 Å². The molecule has 6 fully saturated rings. The molecule has 6 rings (SSSR count). The van der Waals surface area contributed by atoms with Crippen molar-refractivity contribution in [2.24, 2.45) is 34.0 Å². The van der Waals surface area contributed by atoms with Crippen molar-refractivity contribution in [3.63, 3.8) is 0 Å². The summed E-state index contributed by atoms with van der Waals surface area (Å²) in [7, 11) is 1.82. The second-order valence-corrected chi connectivity index (χ2v) is 10.4. The molecular weight excluding hydrogens is 328 g/mol. The molecule has 0 aromatic rings. The Morgan fingerprint density at radius 3 is 2.88 bits per heavy atom. The van der Waals surface area contributed by atoms with Crippen LogP contribution >= 0.6 is 0 Å². The maximum absolute atomic E-state index is 13.4. The highest BCUT2D eigenvalue weighted by atomic mass is 16.7. The van der Waals surface area contributed by atoms with Crippen molar-refractivity contribution in [1.82, 2.24) is 0 Å². The Hall–Kier alpha value is -0.450. The molecular formula is C22H32O4. The van der Waals surface area contributed by atoms with Crippen molar-refractivity contribution in [2.45, 2.75) is 69.8 Å². The van der Waals surface area contributed by atoms with E-state index >= 15 is 0 Å². The maximum Gasteiger partial charge on any atom is 0.147 e. The van der Waals surface area contributed by atoms with E-state index in [0.717, 1.165) is 38.9 Å². The van der Waals surface area contributed by atoms with Crippen molar-refractivity contribution < 1.29 is 19.0 Å². The third-order valence-electron chi connectivity index (χ3n) is 9.95. The second kappa shape index (κ2) is 5.12. The average Bonchev–Trinajstić information content (AvgIpc) is 2.88. The topological polar surface area (TPSA) is 44.8 Å². The highest BCUT2D eigenvalue weighted by Crippen LogP contribution is 2.85. The number of carbonyl (C=O) groups is 1. The van der Waals surface area contributed by atoms with E-state index in [1.807, 2.05) is 7.11 Å². The zero-order valence-corrected chi connectivity index (χ0v) is 16.1. The van der Waals surface area contributed by atoms with Gasteiger partial charge >= 0.3 is 0 Å². The van der Waals surface area contributed by atoms with Gasteiger partial charge in [0.05, 0.1) is 18.8 Å². The van der Waals surface area contributed by atoms with E-state index < -0.39 is 0 Å². The number of methoxy groups -OCH3 is 1. The molecule has 6 aliphatic rings. The lowest BCUT2D eigenvalue weighted by molar-refractivity contribution is -0.334. The Morgan fingerprint density at radius 2 is 2.00 bits per heavy atom. The van der Waals surface area contributed by atoms with Crippen molar-refractivity contribution in [2.75, 3.05) is 27.1 Å². The smallest absolute Gasteiger partial charge is 0.147 e. The number of ether oxygens (including phenoxy) is 3. The third kappa shape index (κ3) is 1.53. The van der Waals surface area contributed by atoms with E-state index in [2.05, 4.69) is 0 Å². The van der Waals surface area contributed by atoms with Gasteiger partial charge in [-0.05, 0) is 43.4 Å². The van der Waals surface area contributed by atoms with Crippen molar-refractivity contribution in [3.05, 3.63) is 0 Å². The third-order valence-corrected chi connectivity index (χ3v) is 9.95. The molecule has 0 aromatic heterocycles. The van der Waals surface area contributed by atoms with Gasteiger partial charge in [0.2, 0.25) is 0 Å². The van der Waals surface area contributed by atoms with Crippen LogP contribution in [0.25, 0.3) is 0 Å². The zero-order valence-electron chi connectivity index (χ0n) is 16.1. The molecule has 1 saturated heterocycles. The summed E-state index contributed by atoms with van der Waals surface area (Å²) in [6.07, 6.45) is 11.8. The Morgan fingerprint density at radius 1 is 1.15 bits per heavy atom. The fourth-order valence-electron chi connectivity index (χ4n) is 9.60. The van der Waals surface area contributed by atoms with Crippen LogP contribution in [-0.2, 0) is 19.0 Å². The number of carbonyl (C=O) groups excluding carboxylic acids is 1. The first-order chi connectivity index (χ1) is 12.6. The number of ketones is 1. The van der Waals surface area contributed by atoms with Crippen LogP contribution in [0.4, 0.5) is 0 Å². The SMILES string of the molecule is COC[C@@]12CCCC[C@]13[C@H](C(=O)C2)[C@H]1[C@H]2CCCC[C@]24COCO[C@@]13C4. The number of Topliss-reactive ketones (excluding diaryl/α,β-unsaturated/α-hetero) is 1. The summed E-state index contributed by atoms with van der Waals surface area (Å²) < 4.78 is 18.5. The maximum atomic E-state index is 13.4. The van der Waals surface area contributed by atoms with E-state index in [4.69, 9.17) is 14.2 Å². The van der Waals surface area contributed by atoms with Crippen molar-refractivity contribution in [1.29, 1.82) is 0 Å². The molecule has 0 unspecified atom stereocenters.